The van der Waals surface area contributed by atoms with E-state index in [9.17, 15) is 0 Å². The molecule has 0 radical (unpaired) electrons. The molecule has 1 saturated heterocycles. The van der Waals surface area contributed by atoms with E-state index in [1.54, 1.807) is 0 Å². The maximum Gasteiger partial charge on any atom is 0.0213 e. The van der Waals surface area contributed by atoms with Crippen LogP contribution in [0.5, 0.6) is 0 Å². The molecule has 0 spiro atoms. The van der Waals surface area contributed by atoms with E-state index in [1.807, 2.05) is 0 Å². The second kappa shape index (κ2) is 5.65. The number of rotatable bonds is 3. The van der Waals surface area contributed by atoms with Gasteiger partial charge in [0.15, 0.2) is 0 Å². The lowest BCUT2D eigenvalue weighted by molar-refractivity contribution is 0.386. The standard InChI is InChI=1S/C15H24N2/c1-11-8-12(2)15(13(3)9-11)10-17-14-4-6-16-7-5-14/h8-9,14,16-17H,4-7,10H2,1-3H3. The molecule has 0 aromatic heterocycles. The van der Waals surface area contributed by atoms with Crippen LogP contribution in [0.3, 0.4) is 0 Å². The highest BCUT2D eigenvalue weighted by atomic mass is 15.0. The number of benzene rings is 1. The summed E-state index contributed by atoms with van der Waals surface area (Å²) in [5, 5.41) is 7.10. The molecule has 2 rings (SSSR count). The first-order valence-electron chi connectivity index (χ1n) is 6.67. The smallest absolute Gasteiger partial charge is 0.0213 e. The average Bonchev–Trinajstić information content (AvgIpc) is 2.29. The van der Waals surface area contributed by atoms with Gasteiger partial charge < -0.3 is 10.6 Å². The molecule has 0 aliphatic carbocycles. The number of piperidine rings is 1. The third-order valence-corrected chi connectivity index (χ3v) is 3.75. The van der Waals surface area contributed by atoms with Crippen LogP contribution in [-0.4, -0.2) is 19.1 Å². The quantitative estimate of drug-likeness (QED) is 0.836. The summed E-state index contributed by atoms with van der Waals surface area (Å²) in [5.41, 5.74) is 5.69. The molecule has 1 aliphatic rings. The Hall–Kier alpha value is -0.860. The van der Waals surface area contributed by atoms with Crippen molar-refractivity contribution in [2.24, 2.45) is 0 Å². The lowest BCUT2D eigenvalue weighted by Crippen LogP contribution is -2.39. The third-order valence-electron chi connectivity index (χ3n) is 3.75. The summed E-state index contributed by atoms with van der Waals surface area (Å²) >= 11 is 0. The molecule has 1 aliphatic heterocycles. The Labute approximate surface area is 105 Å². The highest BCUT2D eigenvalue weighted by Crippen LogP contribution is 2.16. The normalized spacial score (nSPS) is 17.4. The van der Waals surface area contributed by atoms with Crippen LogP contribution in [0.1, 0.15) is 35.1 Å². The summed E-state index contributed by atoms with van der Waals surface area (Å²) in [7, 11) is 0. The second-order valence-corrected chi connectivity index (χ2v) is 5.28. The molecule has 2 N–H and O–H groups in total. The van der Waals surface area contributed by atoms with Crippen LogP contribution in [-0.2, 0) is 6.54 Å². The fourth-order valence-corrected chi connectivity index (χ4v) is 2.76. The largest absolute Gasteiger partial charge is 0.317 e. The topological polar surface area (TPSA) is 24.1 Å². The molecule has 1 aromatic carbocycles. The van der Waals surface area contributed by atoms with Gasteiger partial charge in [-0.15, -0.1) is 0 Å². The van der Waals surface area contributed by atoms with Gasteiger partial charge in [-0.1, -0.05) is 17.7 Å². The minimum absolute atomic E-state index is 0.691. The van der Waals surface area contributed by atoms with E-state index in [2.05, 4.69) is 43.5 Å². The Bertz CT molecular complexity index is 356. The molecule has 0 saturated carbocycles. The summed E-state index contributed by atoms with van der Waals surface area (Å²) in [6, 6.07) is 5.26. The Morgan fingerprint density at radius 3 is 2.29 bits per heavy atom. The lowest BCUT2D eigenvalue weighted by atomic mass is 9.99. The van der Waals surface area contributed by atoms with Gasteiger partial charge in [0.05, 0.1) is 0 Å². The fourth-order valence-electron chi connectivity index (χ4n) is 2.76. The Morgan fingerprint density at radius 1 is 1.12 bits per heavy atom. The van der Waals surface area contributed by atoms with Gasteiger partial charge in [-0.2, -0.15) is 0 Å². The van der Waals surface area contributed by atoms with E-state index in [-0.39, 0.29) is 0 Å². The summed E-state index contributed by atoms with van der Waals surface area (Å²) < 4.78 is 0. The van der Waals surface area contributed by atoms with Gasteiger partial charge in [-0.25, -0.2) is 0 Å². The number of aryl methyl sites for hydroxylation is 3. The third kappa shape index (κ3) is 3.30. The van der Waals surface area contributed by atoms with Gasteiger partial charge >= 0.3 is 0 Å². The molecule has 0 amide bonds. The maximum absolute atomic E-state index is 3.70. The maximum atomic E-state index is 3.70. The van der Waals surface area contributed by atoms with Crippen molar-refractivity contribution in [3.63, 3.8) is 0 Å². The van der Waals surface area contributed by atoms with Gasteiger partial charge in [0.25, 0.3) is 0 Å². The number of nitrogens with one attached hydrogen (secondary N) is 2. The molecule has 0 bridgehead atoms. The van der Waals surface area contributed by atoms with Crippen molar-refractivity contribution in [3.8, 4) is 0 Å². The molecule has 1 aromatic rings. The molecule has 0 atom stereocenters. The first kappa shape index (κ1) is 12.6. The van der Waals surface area contributed by atoms with Crippen LogP contribution in [0.2, 0.25) is 0 Å². The molecule has 1 heterocycles. The van der Waals surface area contributed by atoms with Crippen LogP contribution < -0.4 is 10.6 Å². The average molecular weight is 232 g/mol. The predicted octanol–water partition coefficient (Wildman–Crippen LogP) is 2.45. The van der Waals surface area contributed by atoms with Gasteiger partial charge in [0.2, 0.25) is 0 Å². The van der Waals surface area contributed by atoms with Crippen LogP contribution in [0.4, 0.5) is 0 Å². The Kier molecular flexibility index (Phi) is 4.19. The monoisotopic (exact) mass is 232 g/mol. The molecular weight excluding hydrogens is 208 g/mol. The molecular formula is C15H24N2. The molecule has 2 heteroatoms. The minimum Gasteiger partial charge on any atom is -0.317 e. The van der Waals surface area contributed by atoms with Crippen molar-refractivity contribution >= 4 is 0 Å². The van der Waals surface area contributed by atoms with Crippen LogP contribution in [0.15, 0.2) is 12.1 Å². The van der Waals surface area contributed by atoms with E-state index < -0.39 is 0 Å². The van der Waals surface area contributed by atoms with E-state index in [4.69, 9.17) is 0 Å². The van der Waals surface area contributed by atoms with Crippen molar-refractivity contribution < 1.29 is 0 Å². The van der Waals surface area contributed by atoms with E-state index in [1.165, 1.54) is 35.1 Å². The highest BCUT2D eigenvalue weighted by molar-refractivity contribution is 5.37. The van der Waals surface area contributed by atoms with Gasteiger partial charge in [0, 0.05) is 12.6 Å². The second-order valence-electron chi connectivity index (χ2n) is 5.28. The Morgan fingerprint density at radius 2 is 1.71 bits per heavy atom. The summed E-state index contributed by atoms with van der Waals surface area (Å²) in [6.45, 7) is 9.94. The molecule has 94 valence electrons. The fraction of sp³-hybridized carbons (Fsp3) is 0.600. The van der Waals surface area contributed by atoms with Gasteiger partial charge in [0.1, 0.15) is 0 Å². The molecule has 2 nitrogen and oxygen atoms in total. The van der Waals surface area contributed by atoms with Crippen molar-refractivity contribution in [1.82, 2.24) is 10.6 Å². The zero-order valence-corrected chi connectivity index (χ0v) is 11.3. The van der Waals surface area contributed by atoms with Crippen molar-refractivity contribution in [3.05, 3.63) is 34.4 Å². The molecule has 0 unspecified atom stereocenters. The van der Waals surface area contributed by atoms with E-state index in [0.717, 1.165) is 19.6 Å². The number of hydrogen-bond acceptors (Lipinski definition) is 2. The molecule has 17 heavy (non-hydrogen) atoms. The lowest BCUT2D eigenvalue weighted by Gasteiger charge is -2.24. The first-order chi connectivity index (χ1) is 8.16. The van der Waals surface area contributed by atoms with Crippen LogP contribution >= 0.6 is 0 Å². The van der Waals surface area contributed by atoms with Crippen molar-refractivity contribution in [2.75, 3.05) is 13.1 Å². The summed E-state index contributed by atoms with van der Waals surface area (Å²) in [6.07, 6.45) is 2.51. The highest BCUT2D eigenvalue weighted by Gasteiger charge is 2.13. The van der Waals surface area contributed by atoms with Gasteiger partial charge in [-0.3, -0.25) is 0 Å². The predicted molar refractivity (Wildman–Crippen MR) is 73.4 cm³/mol. The first-order valence-corrected chi connectivity index (χ1v) is 6.67. The van der Waals surface area contributed by atoms with Crippen molar-refractivity contribution in [2.45, 2.75) is 46.2 Å². The molecule has 1 fully saturated rings. The van der Waals surface area contributed by atoms with Crippen LogP contribution in [0, 0.1) is 20.8 Å². The summed E-state index contributed by atoms with van der Waals surface area (Å²) in [5.74, 6) is 0. The SMILES string of the molecule is Cc1cc(C)c(CNC2CCNCC2)c(C)c1. The zero-order chi connectivity index (χ0) is 12.3. The van der Waals surface area contributed by atoms with Gasteiger partial charge in [-0.05, 0) is 63.4 Å². The van der Waals surface area contributed by atoms with E-state index >= 15 is 0 Å². The zero-order valence-electron chi connectivity index (χ0n) is 11.3. The number of hydrogen-bond donors (Lipinski definition) is 2. The van der Waals surface area contributed by atoms with Crippen LogP contribution in [0.25, 0.3) is 0 Å². The summed E-state index contributed by atoms with van der Waals surface area (Å²) in [4.78, 5) is 0. The van der Waals surface area contributed by atoms with Crippen molar-refractivity contribution in [1.29, 1.82) is 0 Å². The minimum atomic E-state index is 0.691. The Balaban J connectivity index is 1.98. The van der Waals surface area contributed by atoms with E-state index in [0.29, 0.717) is 6.04 Å².